The molecule has 17 heavy (non-hydrogen) atoms. The van der Waals surface area contributed by atoms with Crippen LogP contribution in [0, 0.1) is 5.82 Å². The lowest BCUT2D eigenvalue weighted by molar-refractivity contribution is 0.445. The van der Waals surface area contributed by atoms with Crippen LogP contribution in [0.5, 0.6) is 0 Å². The highest BCUT2D eigenvalue weighted by Crippen LogP contribution is 2.20. The summed E-state index contributed by atoms with van der Waals surface area (Å²) >= 11 is 5.96. The fourth-order valence-corrected chi connectivity index (χ4v) is 1.56. The highest BCUT2D eigenvalue weighted by molar-refractivity contribution is 6.32. The molecule has 0 radical (unpaired) electrons. The molecule has 0 atom stereocenters. The normalized spacial score (nSPS) is 12.9. The maximum absolute atomic E-state index is 12.9. The number of rotatable bonds is 3. The predicted molar refractivity (Wildman–Crippen MR) is 72.8 cm³/mol. The average molecular weight is 256 g/mol. The van der Waals surface area contributed by atoms with Crippen LogP contribution in [0.15, 0.2) is 23.8 Å². The van der Waals surface area contributed by atoms with Crippen molar-refractivity contribution in [1.82, 2.24) is 5.32 Å². The molecule has 0 aliphatic carbocycles. The molecule has 0 saturated heterocycles. The molecule has 0 aliphatic rings. The third-order valence-corrected chi connectivity index (χ3v) is 2.59. The summed E-state index contributed by atoms with van der Waals surface area (Å²) in [6.07, 6.45) is 1.97. The Hall–Kier alpha value is -0.860. The van der Waals surface area contributed by atoms with Crippen LogP contribution in [0.3, 0.4) is 0 Å². The van der Waals surface area contributed by atoms with Crippen molar-refractivity contribution in [2.75, 3.05) is 6.54 Å². The van der Waals surface area contributed by atoms with Crippen LogP contribution in [0.4, 0.5) is 4.39 Å². The van der Waals surface area contributed by atoms with Crippen LogP contribution in [-0.2, 0) is 0 Å². The summed E-state index contributed by atoms with van der Waals surface area (Å²) in [6, 6.07) is 4.44. The first-order valence-electron chi connectivity index (χ1n) is 5.65. The van der Waals surface area contributed by atoms with Crippen molar-refractivity contribution in [2.24, 2.45) is 0 Å². The highest BCUT2D eigenvalue weighted by atomic mass is 35.5. The van der Waals surface area contributed by atoms with Gasteiger partial charge >= 0.3 is 0 Å². The molecule has 1 aromatic rings. The lowest BCUT2D eigenvalue weighted by Gasteiger charge is -2.20. The van der Waals surface area contributed by atoms with Crippen molar-refractivity contribution in [1.29, 1.82) is 0 Å². The van der Waals surface area contributed by atoms with Gasteiger partial charge in [0, 0.05) is 12.1 Å². The van der Waals surface area contributed by atoms with Gasteiger partial charge in [0.15, 0.2) is 0 Å². The van der Waals surface area contributed by atoms with Crippen molar-refractivity contribution in [3.8, 4) is 0 Å². The van der Waals surface area contributed by atoms with Gasteiger partial charge in [-0.05, 0) is 45.4 Å². The molecular weight excluding hydrogens is 237 g/mol. The van der Waals surface area contributed by atoms with E-state index in [9.17, 15) is 4.39 Å². The first kappa shape index (κ1) is 14.2. The van der Waals surface area contributed by atoms with Crippen molar-refractivity contribution in [3.63, 3.8) is 0 Å². The monoisotopic (exact) mass is 255 g/mol. The zero-order chi connectivity index (χ0) is 13.1. The first-order chi connectivity index (χ1) is 7.78. The molecule has 0 amide bonds. The minimum atomic E-state index is -0.308. The number of benzene rings is 1. The SMILES string of the molecule is C/C(=C/c1ccc(F)cc1Cl)CNC(C)(C)C. The second-order valence-electron chi connectivity index (χ2n) is 5.26. The quantitative estimate of drug-likeness (QED) is 0.851. The van der Waals surface area contributed by atoms with E-state index in [4.69, 9.17) is 11.6 Å². The van der Waals surface area contributed by atoms with Crippen LogP contribution in [0.25, 0.3) is 6.08 Å². The molecule has 1 aromatic carbocycles. The van der Waals surface area contributed by atoms with Gasteiger partial charge < -0.3 is 5.32 Å². The van der Waals surface area contributed by atoms with Crippen molar-refractivity contribution in [2.45, 2.75) is 33.2 Å². The molecule has 0 aliphatic heterocycles. The van der Waals surface area contributed by atoms with Crippen LogP contribution in [0.2, 0.25) is 5.02 Å². The predicted octanol–water partition coefficient (Wildman–Crippen LogP) is 4.27. The fraction of sp³-hybridized carbons (Fsp3) is 0.429. The summed E-state index contributed by atoms with van der Waals surface area (Å²) < 4.78 is 12.9. The standard InChI is InChI=1S/C14H19ClFN/c1-10(9-17-14(2,3)4)7-11-5-6-12(16)8-13(11)15/h5-8,17H,9H2,1-4H3/b10-7-. The van der Waals surface area contributed by atoms with Gasteiger partial charge in [0.25, 0.3) is 0 Å². The molecule has 1 N–H and O–H groups in total. The Morgan fingerprint density at radius 3 is 2.59 bits per heavy atom. The Morgan fingerprint density at radius 1 is 1.41 bits per heavy atom. The second-order valence-corrected chi connectivity index (χ2v) is 5.67. The van der Waals surface area contributed by atoms with E-state index in [0.29, 0.717) is 5.02 Å². The topological polar surface area (TPSA) is 12.0 Å². The maximum atomic E-state index is 12.9. The summed E-state index contributed by atoms with van der Waals surface area (Å²) in [4.78, 5) is 0. The zero-order valence-corrected chi connectivity index (χ0v) is 11.5. The van der Waals surface area contributed by atoms with Crippen LogP contribution in [0.1, 0.15) is 33.3 Å². The maximum Gasteiger partial charge on any atom is 0.124 e. The minimum absolute atomic E-state index is 0.0850. The third kappa shape index (κ3) is 5.33. The van der Waals surface area contributed by atoms with Crippen LogP contribution in [-0.4, -0.2) is 12.1 Å². The summed E-state index contributed by atoms with van der Waals surface area (Å²) in [5, 5.41) is 3.83. The molecule has 3 heteroatoms. The number of halogens is 2. The smallest absolute Gasteiger partial charge is 0.124 e. The molecule has 1 rings (SSSR count). The van der Waals surface area contributed by atoms with E-state index in [0.717, 1.165) is 17.7 Å². The molecule has 0 bridgehead atoms. The molecular formula is C14H19ClFN. The van der Waals surface area contributed by atoms with Gasteiger partial charge in [-0.1, -0.05) is 29.3 Å². The van der Waals surface area contributed by atoms with Gasteiger partial charge in [-0.2, -0.15) is 0 Å². The fourth-order valence-electron chi connectivity index (χ4n) is 1.34. The van der Waals surface area contributed by atoms with Gasteiger partial charge in [0.1, 0.15) is 5.82 Å². The summed E-state index contributed by atoms with van der Waals surface area (Å²) in [5.74, 6) is -0.308. The van der Waals surface area contributed by atoms with E-state index < -0.39 is 0 Å². The Labute approximate surface area is 108 Å². The van der Waals surface area contributed by atoms with E-state index in [1.165, 1.54) is 12.1 Å². The van der Waals surface area contributed by atoms with Crippen molar-refractivity contribution < 1.29 is 4.39 Å². The van der Waals surface area contributed by atoms with E-state index in [1.807, 2.05) is 13.0 Å². The van der Waals surface area contributed by atoms with Crippen molar-refractivity contribution in [3.05, 3.63) is 40.2 Å². The number of hydrogen-bond acceptors (Lipinski definition) is 1. The number of nitrogens with one attached hydrogen (secondary N) is 1. The molecule has 0 spiro atoms. The summed E-state index contributed by atoms with van der Waals surface area (Å²) in [6.45, 7) is 9.16. The Kier molecular flexibility index (Phi) is 4.72. The van der Waals surface area contributed by atoms with Gasteiger partial charge in [-0.15, -0.1) is 0 Å². The van der Waals surface area contributed by atoms with E-state index in [2.05, 4.69) is 26.1 Å². The first-order valence-corrected chi connectivity index (χ1v) is 6.03. The molecule has 0 unspecified atom stereocenters. The van der Waals surface area contributed by atoms with Crippen LogP contribution >= 0.6 is 11.6 Å². The van der Waals surface area contributed by atoms with E-state index in [1.54, 1.807) is 6.07 Å². The molecule has 0 heterocycles. The Bertz CT molecular complexity index is 419. The Balaban J connectivity index is 2.74. The van der Waals surface area contributed by atoms with Gasteiger partial charge in [0.2, 0.25) is 0 Å². The second kappa shape index (κ2) is 5.65. The zero-order valence-electron chi connectivity index (χ0n) is 10.8. The van der Waals surface area contributed by atoms with Gasteiger partial charge in [0.05, 0.1) is 5.02 Å². The Morgan fingerprint density at radius 2 is 2.06 bits per heavy atom. The van der Waals surface area contributed by atoms with E-state index >= 15 is 0 Å². The lowest BCUT2D eigenvalue weighted by Crippen LogP contribution is -2.36. The number of hydrogen-bond donors (Lipinski definition) is 1. The van der Waals surface area contributed by atoms with Crippen LogP contribution < -0.4 is 5.32 Å². The largest absolute Gasteiger partial charge is 0.308 e. The molecule has 0 aromatic heterocycles. The highest BCUT2D eigenvalue weighted by Gasteiger charge is 2.08. The average Bonchev–Trinajstić information content (AvgIpc) is 2.18. The minimum Gasteiger partial charge on any atom is -0.308 e. The lowest BCUT2D eigenvalue weighted by atomic mass is 10.1. The molecule has 1 nitrogen and oxygen atoms in total. The molecule has 94 valence electrons. The van der Waals surface area contributed by atoms with E-state index in [-0.39, 0.29) is 11.4 Å². The summed E-state index contributed by atoms with van der Waals surface area (Å²) in [5.41, 5.74) is 2.09. The molecule has 0 fully saturated rings. The third-order valence-electron chi connectivity index (χ3n) is 2.26. The van der Waals surface area contributed by atoms with Gasteiger partial charge in [-0.25, -0.2) is 4.39 Å². The van der Waals surface area contributed by atoms with Gasteiger partial charge in [-0.3, -0.25) is 0 Å². The van der Waals surface area contributed by atoms with Crippen molar-refractivity contribution >= 4 is 17.7 Å². The molecule has 0 saturated carbocycles. The summed E-state index contributed by atoms with van der Waals surface area (Å²) in [7, 11) is 0.